The highest BCUT2D eigenvalue weighted by Crippen LogP contribution is 2.29. The maximum absolute atomic E-state index is 13.4. The summed E-state index contributed by atoms with van der Waals surface area (Å²) in [4.78, 5) is 48.6. The molecule has 0 aliphatic carbocycles. The number of nitrogens with zero attached hydrogens (tertiary/aromatic N) is 4. The normalized spacial score (nSPS) is 23.0. The van der Waals surface area contributed by atoms with E-state index in [1.165, 1.54) is 4.90 Å². The van der Waals surface area contributed by atoms with Crippen LogP contribution in [0.1, 0.15) is 24.1 Å². The Balaban J connectivity index is 1.40. The highest BCUT2D eigenvalue weighted by atomic mass is 16.2. The first-order valence-electron chi connectivity index (χ1n) is 10.8. The van der Waals surface area contributed by atoms with Crippen LogP contribution in [0.25, 0.3) is 0 Å². The summed E-state index contributed by atoms with van der Waals surface area (Å²) in [5.41, 5.74) is 2.69. The van der Waals surface area contributed by atoms with Crippen LogP contribution in [0.3, 0.4) is 0 Å². The summed E-state index contributed by atoms with van der Waals surface area (Å²) in [5.74, 6) is -0.356. The van der Waals surface area contributed by atoms with E-state index in [1.807, 2.05) is 30.3 Å². The lowest BCUT2D eigenvalue weighted by atomic mass is 9.93. The lowest BCUT2D eigenvalue weighted by Gasteiger charge is -2.46. The van der Waals surface area contributed by atoms with E-state index < -0.39 is 12.1 Å². The number of urea groups is 1. The van der Waals surface area contributed by atoms with E-state index in [2.05, 4.69) is 10.3 Å². The van der Waals surface area contributed by atoms with E-state index in [0.717, 1.165) is 30.6 Å². The second kappa shape index (κ2) is 8.11. The summed E-state index contributed by atoms with van der Waals surface area (Å²) < 4.78 is 0. The number of para-hydroxylation sites is 1. The van der Waals surface area contributed by atoms with Gasteiger partial charge in [0.15, 0.2) is 0 Å². The average molecular weight is 419 g/mol. The van der Waals surface area contributed by atoms with Crippen molar-refractivity contribution in [2.45, 2.75) is 37.9 Å². The number of carbonyl (C=O) groups is 3. The maximum atomic E-state index is 13.4. The molecule has 2 saturated heterocycles. The molecule has 3 aliphatic heterocycles. The molecule has 2 atom stereocenters. The van der Waals surface area contributed by atoms with E-state index in [9.17, 15) is 14.4 Å². The van der Waals surface area contributed by atoms with Gasteiger partial charge >= 0.3 is 6.03 Å². The molecule has 0 bridgehead atoms. The molecule has 31 heavy (non-hydrogen) atoms. The van der Waals surface area contributed by atoms with E-state index in [4.69, 9.17) is 0 Å². The molecule has 5 rings (SSSR count). The highest BCUT2D eigenvalue weighted by Gasteiger charge is 2.48. The van der Waals surface area contributed by atoms with Crippen molar-refractivity contribution in [2.24, 2.45) is 0 Å². The molecule has 8 nitrogen and oxygen atoms in total. The molecule has 2 aromatic rings. The van der Waals surface area contributed by atoms with Crippen molar-refractivity contribution in [3.63, 3.8) is 0 Å². The minimum Gasteiger partial charge on any atom is -0.310 e. The molecule has 8 heteroatoms. The van der Waals surface area contributed by atoms with Gasteiger partial charge in [0.1, 0.15) is 12.6 Å². The van der Waals surface area contributed by atoms with Gasteiger partial charge in [-0.25, -0.2) is 4.79 Å². The number of pyridine rings is 1. The number of benzene rings is 1. The van der Waals surface area contributed by atoms with Crippen LogP contribution >= 0.6 is 0 Å². The summed E-state index contributed by atoms with van der Waals surface area (Å²) in [6.45, 7) is 1.39. The molecular formula is C23H25N5O3. The van der Waals surface area contributed by atoms with Crippen LogP contribution in [-0.4, -0.2) is 64.3 Å². The molecule has 4 heterocycles. The Morgan fingerprint density at radius 1 is 1.13 bits per heavy atom. The van der Waals surface area contributed by atoms with Crippen molar-refractivity contribution in [2.75, 3.05) is 24.5 Å². The minimum atomic E-state index is -0.492. The van der Waals surface area contributed by atoms with Gasteiger partial charge in [0.2, 0.25) is 11.8 Å². The summed E-state index contributed by atoms with van der Waals surface area (Å²) >= 11 is 0. The van der Waals surface area contributed by atoms with Gasteiger partial charge in [-0.15, -0.1) is 0 Å². The number of anilines is 1. The van der Waals surface area contributed by atoms with Crippen molar-refractivity contribution < 1.29 is 14.4 Å². The van der Waals surface area contributed by atoms with Gasteiger partial charge < -0.3 is 15.1 Å². The number of rotatable bonds is 4. The van der Waals surface area contributed by atoms with Crippen LogP contribution in [0.2, 0.25) is 0 Å². The number of piperidine rings is 1. The van der Waals surface area contributed by atoms with Gasteiger partial charge in [0.25, 0.3) is 0 Å². The fraction of sp³-hybridized carbons (Fsp3) is 0.391. The summed E-state index contributed by atoms with van der Waals surface area (Å²) in [7, 11) is 0. The third-order valence-electron chi connectivity index (χ3n) is 6.37. The van der Waals surface area contributed by atoms with Gasteiger partial charge in [-0.1, -0.05) is 24.3 Å². The van der Waals surface area contributed by atoms with Crippen LogP contribution < -0.4 is 10.2 Å². The molecule has 160 valence electrons. The number of aromatic nitrogens is 1. The summed E-state index contributed by atoms with van der Waals surface area (Å²) in [6.07, 6.45) is 4.02. The van der Waals surface area contributed by atoms with Crippen molar-refractivity contribution in [3.05, 3.63) is 59.9 Å². The maximum Gasteiger partial charge on any atom is 0.327 e. The first-order chi connectivity index (χ1) is 15.1. The number of fused-ring (bicyclic) bond motifs is 2. The molecule has 2 fully saturated rings. The van der Waals surface area contributed by atoms with Gasteiger partial charge in [0, 0.05) is 18.4 Å². The summed E-state index contributed by atoms with van der Waals surface area (Å²) in [5, 5.41) is 3.27. The number of imide groups is 1. The third-order valence-corrected chi connectivity index (χ3v) is 6.37. The number of nitrogens with one attached hydrogen (secondary N) is 1. The van der Waals surface area contributed by atoms with Crippen molar-refractivity contribution in [1.29, 1.82) is 0 Å². The molecule has 0 radical (unpaired) electrons. The predicted molar refractivity (Wildman–Crippen MR) is 114 cm³/mol. The zero-order valence-electron chi connectivity index (χ0n) is 17.2. The van der Waals surface area contributed by atoms with E-state index in [1.54, 1.807) is 28.1 Å². The van der Waals surface area contributed by atoms with E-state index in [0.29, 0.717) is 18.7 Å². The van der Waals surface area contributed by atoms with Crippen molar-refractivity contribution >= 4 is 23.5 Å². The molecular weight excluding hydrogens is 394 g/mol. The Labute approximate surface area is 180 Å². The first kappa shape index (κ1) is 19.7. The predicted octanol–water partition coefficient (Wildman–Crippen LogP) is 1.56. The quantitative estimate of drug-likeness (QED) is 0.813. The summed E-state index contributed by atoms with van der Waals surface area (Å²) in [6, 6.07) is 12.1. The van der Waals surface area contributed by atoms with Crippen LogP contribution in [-0.2, 0) is 22.6 Å². The molecule has 0 spiro atoms. The first-order valence-corrected chi connectivity index (χ1v) is 10.8. The Morgan fingerprint density at radius 2 is 1.97 bits per heavy atom. The van der Waals surface area contributed by atoms with Crippen LogP contribution in [0.15, 0.2) is 48.7 Å². The fourth-order valence-corrected chi connectivity index (χ4v) is 4.83. The van der Waals surface area contributed by atoms with Crippen molar-refractivity contribution in [3.8, 4) is 0 Å². The van der Waals surface area contributed by atoms with Gasteiger partial charge in [0.05, 0.1) is 18.3 Å². The molecule has 2 unspecified atom stereocenters. The fourth-order valence-electron chi connectivity index (χ4n) is 4.83. The lowest BCUT2D eigenvalue weighted by molar-refractivity contribution is -0.139. The Morgan fingerprint density at radius 3 is 2.81 bits per heavy atom. The Kier molecular flexibility index (Phi) is 5.15. The monoisotopic (exact) mass is 419 g/mol. The van der Waals surface area contributed by atoms with E-state index in [-0.39, 0.29) is 30.9 Å². The van der Waals surface area contributed by atoms with Crippen LogP contribution in [0.5, 0.6) is 0 Å². The molecule has 0 saturated carbocycles. The van der Waals surface area contributed by atoms with Gasteiger partial charge in [-0.05, 0) is 49.6 Å². The van der Waals surface area contributed by atoms with Crippen molar-refractivity contribution in [1.82, 2.24) is 20.1 Å². The number of hydrogen-bond donors (Lipinski definition) is 1. The molecule has 1 aromatic heterocycles. The van der Waals surface area contributed by atoms with Gasteiger partial charge in [-0.3, -0.25) is 19.5 Å². The zero-order chi connectivity index (χ0) is 21.4. The smallest absolute Gasteiger partial charge is 0.310 e. The largest absolute Gasteiger partial charge is 0.327 e. The standard InChI is InChI=1S/C23H25N5O3/c29-20(26-13-10-16-6-1-2-8-18(16)26)15-27-19-9-5-12-25-21(19)22(30)28(23(27)31)14-17-7-3-4-11-24-17/h1-4,6-8,11,19,21,25H,5,9-10,12-15H2. The third kappa shape index (κ3) is 3.57. The number of amides is 4. The average Bonchev–Trinajstić information content (AvgIpc) is 3.24. The van der Waals surface area contributed by atoms with Crippen LogP contribution in [0, 0.1) is 0 Å². The number of carbonyl (C=O) groups excluding carboxylic acids is 3. The van der Waals surface area contributed by atoms with Gasteiger partial charge in [-0.2, -0.15) is 0 Å². The molecule has 4 amide bonds. The minimum absolute atomic E-state index is 0.0397. The lowest BCUT2D eigenvalue weighted by Crippen LogP contribution is -2.70. The second-order valence-corrected chi connectivity index (χ2v) is 8.22. The highest BCUT2D eigenvalue weighted by molar-refractivity contribution is 6.03. The van der Waals surface area contributed by atoms with E-state index >= 15 is 0 Å². The topological polar surface area (TPSA) is 85.8 Å². The second-order valence-electron chi connectivity index (χ2n) is 8.22. The molecule has 1 N–H and O–H groups in total. The zero-order valence-corrected chi connectivity index (χ0v) is 17.2. The molecule has 3 aliphatic rings. The Bertz CT molecular complexity index is 1010. The number of hydrogen-bond acceptors (Lipinski definition) is 5. The SMILES string of the molecule is O=C1C2NCCCC2N(CC(=O)N2CCc3ccccc32)C(=O)N1Cc1ccccn1. The van der Waals surface area contributed by atoms with Crippen LogP contribution in [0.4, 0.5) is 10.5 Å². The molecule has 1 aromatic carbocycles. The Hall–Kier alpha value is -3.26.